The van der Waals surface area contributed by atoms with Crippen LogP contribution in [0, 0.1) is 40.9 Å². The van der Waals surface area contributed by atoms with Gasteiger partial charge in [0.2, 0.25) is 0 Å². The molecule has 2 fully saturated rings. The fraction of sp³-hybridized carbons (Fsp3) is 0.867. The van der Waals surface area contributed by atoms with Crippen molar-refractivity contribution in [3.05, 3.63) is 0 Å². The lowest BCUT2D eigenvalue weighted by Gasteiger charge is -2.18. The van der Waals surface area contributed by atoms with Gasteiger partial charge in [0.15, 0.2) is 0 Å². The van der Waals surface area contributed by atoms with Crippen molar-refractivity contribution in [2.75, 3.05) is 0 Å². The fourth-order valence-electron chi connectivity index (χ4n) is 4.68. The highest BCUT2D eigenvalue weighted by Gasteiger charge is 2.77. The Hall–Kier alpha value is -0.440. The first-order chi connectivity index (χ1) is 7.12. The minimum Gasteiger partial charge on any atom is -0.119 e. The molecule has 84 valence electrons. The second-order valence-electron chi connectivity index (χ2n) is 5.71. The maximum atomic E-state index is 5.79. The molecule has 5 unspecified atom stereocenters. The van der Waals surface area contributed by atoms with Crippen LogP contribution in [0.4, 0.5) is 0 Å². The van der Waals surface area contributed by atoms with E-state index in [1.54, 1.807) is 0 Å². The lowest BCUT2D eigenvalue weighted by molar-refractivity contribution is 0.317. The molecule has 0 heteroatoms. The van der Waals surface area contributed by atoms with E-state index in [0.717, 1.165) is 17.8 Å². The summed E-state index contributed by atoms with van der Waals surface area (Å²) in [5, 5.41) is 0. The molecule has 2 aliphatic rings. The standard InChI is InChI=1S/C15H24/c1-6-11-10-12(11)15(9-4)13(7-2)14(15,5)8-3/h3,11-13H,6-7,9-10H2,1-2,4-5H3. The molecule has 0 N–H and O–H groups in total. The monoisotopic (exact) mass is 204 g/mol. The molecule has 0 aromatic heterocycles. The van der Waals surface area contributed by atoms with E-state index in [-0.39, 0.29) is 5.41 Å². The quantitative estimate of drug-likeness (QED) is 0.605. The Morgan fingerprint density at radius 1 is 1.27 bits per heavy atom. The van der Waals surface area contributed by atoms with Crippen molar-refractivity contribution in [3.8, 4) is 12.3 Å². The molecular weight excluding hydrogens is 180 g/mol. The molecule has 0 aliphatic heterocycles. The van der Waals surface area contributed by atoms with Crippen LogP contribution in [-0.4, -0.2) is 0 Å². The van der Waals surface area contributed by atoms with E-state index in [2.05, 4.69) is 33.6 Å². The summed E-state index contributed by atoms with van der Waals surface area (Å²) >= 11 is 0. The van der Waals surface area contributed by atoms with Crippen LogP contribution in [0.3, 0.4) is 0 Å². The summed E-state index contributed by atoms with van der Waals surface area (Å²) in [4.78, 5) is 0. The number of hydrogen-bond acceptors (Lipinski definition) is 0. The highest BCUT2D eigenvalue weighted by molar-refractivity contribution is 5.34. The van der Waals surface area contributed by atoms with E-state index in [4.69, 9.17) is 6.42 Å². The molecule has 0 aromatic carbocycles. The van der Waals surface area contributed by atoms with Crippen LogP contribution in [0.25, 0.3) is 0 Å². The minimum absolute atomic E-state index is 0.213. The van der Waals surface area contributed by atoms with Gasteiger partial charge in [-0.05, 0) is 42.9 Å². The van der Waals surface area contributed by atoms with Crippen molar-refractivity contribution in [2.24, 2.45) is 28.6 Å². The molecule has 0 spiro atoms. The molecule has 0 aromatic rings. The summed E-state index contributed by atoms with van der Waals surface area (Å²) in [5.41, 5.74) is 0.724. The van der Waals surface area contributed by atoms with Crippen LogP contribution < -0.4 is 0 Å². The van der Waals surface area contributed by atoms with E-state index in [0.29, 0.717) is 5.41 Å². The Morgan fingerprint density at radius 2 is 1.93 bits per heavy atom. The van der Waals surface area contributed by atoms with Crippen molar-refractivity contribution in [1.29, 1.82) is 0 Å². The summed E-state index contributed by atoms with van der Waals surface area (Å²) in [6.07, 6.45) is 11.1. The number of terminal acetylenes is 1. The van der Waals surface area contributed by atoms with Crippen molar-refractivity contribution >= 4 is 0 Å². The SMILES string of the molecule is C#CC1(C)C(CC)C1(CC)C1CC1CC. The van der Waals surface area contributed by atoms with Crippen LogP contribution in [0.1, 0.15) is 53.4 Å². The lowest BCUT2D eigenvalue weighted by atomic mass is 9.85. The third-order valence-corrected chi connectivity index (χ3v) is 5.60. The second-order valence-corrected chi connectivity index (χ2v) is 5.71. The Balaban J connectivity index is 2.22. The van der Waals surface area contributed by atoms with Crippen LogP contribution in [0.2, 0.25) is 0 Å². The Labute approximate surface area is 94.8 Å². The highest BCUT2D eigenvalue weighted by Crippen LogP contribution is 2.80. The molecule has 0 heterocycles. The van der Waals surface area contributed by atoms with Gasteiger partial charge in [-0.25, -0.2) is 0 Å². The zero-order valence-electron chi connectivity index (χ0n) is 10.6. The van der Waals surface area contributed by atoms with E-state index >= 15 is 0 Å². The first kappa shape index (κ1) is 11.1. The van der Waals surface area contributed by atoms with Gasteiger partial charge in [0.25, 0.3) is 0 Å². The van der Waals surface area contributed by atoms with E-state index in [1.165, 1.54) is 25.7 Å². The molecule has 2 saturated carbocycles. The molecular formula is C15H24. The van der Waals surface area contributed by atoms with Gasteiger partial charge >= 0.3 is 0 Å². The molecule has 2 rings (SSSR count). The van der Waals surface area contributed by atoms with Gasteiger partial charge in [0.05, 0.1) is 0 Å². The van der Waals surface area contributed by atoms with Crippen LogP contribution in [0.5, 0.6) is 0 Å². The average molecular weight is 204 g/mol. The summed E-state index contributed by atoms with van der Waals surface area (Å²) in [7, 11) is 0. The van der Waals surface area contributed by atoms with Crippen molar-refractivity contribution in [1.82, 2.24) is 0 Å². The molecule has 5 atom stereocenters. The van der Waals surface area contributed by atoms with Crippen LogP contribution >= 0.6 is 0 Å². The molecule has 0 radical (unpaired) electrons. The summed E-state index contributed by atoms with van der Waals surface area (Å²) in [6, 6.07) is 0. The summed E-state index contributed by atoms with van der Waals surface area (Å²) in [6.45, 7) is 9.30. The van der Waals surface area contributed by atoms with Crippen molar-refractivity contribution in [2.45, 2.75) is 53.4 Å². The summed E-state index contributed by atoms with van der Waals surface area (Å²) in [5.74, 6) is 5.84. The zero-order valence-corrected chi connectivity index (χ0v) is 10.6. The van der Waals surface area contributed by atoms with E-state index in [1.807, 2.05) is 0 Å². The third-order valence-electron chi connectivity index (χ3n) is 5.60. The van der Waals surface area contributed by atoms with E-state index in [9.17, 15) is 0 Å². The molecule has 15 heavy (non-hydrogen) atoms. The fourth-order valence-corrected chi connectivity index (χ4v) is 4.68. The predicted molar refractivity (Wildman–Crippen MR) is 65.3 cm³/mol. The lowest BCUT2D eigenvalue weighted by Crippen LogP contribution is -2.13. The number of rotatable bonds is 4. The highest BCUT2D eigenvalue weighted by atomic mass is 14.8. The largest absolute Gasteiger partial charge is 0.119 e. The van der Waals surface area contributed by atoms with Gasteiger partial charge < -0.3 is 0 Å². The normalized spacial score (nSPS) is 52.3. The first-order valence-electron chi connectivity index (χ1n) is 6.60. The molecule has 0 bridgehead atoms. The molecule has 2 aliphatic carbocycles. The van der Waals surface area contributed by atoms with Crippen molar-refractivity contribution in [3.63, 3.8) is 0 Å². The first-order valence-corrected chi connectivity index (χ1v) is 6.60. The Morgan fingerprint density at radius 3 is 2.20 bits per heavy atom. The molecule has 0 nitrogen and oxygen atoms in total. The van der Waals surface area contributed by atoms with Gasteiger partial charge in [-0.1, -0.05) is 39.5 Å². The maximum absolute atomic E-state index is 5.79. The average Bonchev–Trinajstić information content (AvgIpc) is 3.11. The zero-order chi connectivity index (χ0) is 11.3. The molecule has 0 saturated heterocycles. The topological polar surface area (TPSA) is 0 Å². The van der Waals surface area contributed by atoms with Gasteiger partial charge in [0.1, 0.15) is 0 Å². The van der Waals surface area contributed by atoms with Gasteiger partial charge in [-0.3, -0.25) is 0 Å². The molecule has 0 amide bonds. The maximum Gasteiger partial charge on any atom is 0.0379 e. The van der Waals surface area contributed by atoms with Crippen molar-refractivity contribution < 1.29 is 0 Å². The summed E-state index contributed by atoms with van der Waals surface area (Å²) < 4.78 is 0. The minimum atomic E-state index is 0.213. The Kier molecular flexibility index (Phi) is 2.41. The second kappa shape index (κ2) is 3.27. The van der Waals surface area contributed by atoms with Gasteiger partial charge in [-0.15, -0.1) is 6.42 Å². The number of hydrogen-bond donors (Lipinski definition) is 0. The van der Waals surface area contributed by atoms with Crippen LogP contribution in [-0.2, 0) is 0 Å². The van der Waals surface area contributed by atoms with Crippen LogP contribution in [0.15, 0.2) is 0 Å². The van der Waals surface area contributed by atoms with Gasteiger partial charge in [0, 0.05) is 5.41 Å². The third kappa shape index (κ3) is 1.10. The predicted octanol–water partition coefficient (Wildman–Crippen LogP) is 4.11. The smallest absolute Gasteiger partial charge is 0.0379 e. The Bertz CT molecular complexity index is 298. The van der Waals surface area contributed by atoms with E-state index < -0.39 is 0 Å². The van der Waals surface area contributed by atoms with Gasteiger partial charge in [-0.2, -0.15) is 0 Å².